The van der Waals surface area contributed by atoms with Gasteiger partial charge in [-0.05, 0) is 78.6 Å². The smallest absolute Gasteiger partial charge is 0.406 e. The molecule has 29 heavy (non-hydrogen) atoms. The fourth-order valence-corrected chi connectivity index (χ4v) is 5.71. The number of halogens is 3. The lowest BCUT2D eigenvalue weighted by Gasteiger charge is -2.41. The van der Waals surface area contributed by atoms with Crippen molar-refractivity contribution < 1.29 is 17.9 Å². The summed E-state index contributed by atoms with van der Waals surface area (Å²) in [4.78, 5) is 2.73. The molecule has 2 fully saturated rings. The van der Waals surface area contributed by atoms with E-state index in [0.717, 1.165) is 11.1 Å². The quantitative estimate of drug-likeness (QED) is 0.560. The van der Waals surface area contributed by atoms with Gasteiger partial charge in [-0.1, -0.05) is 43.5 Å². The Balaban J connectivity index is 1.45. The molecule has 2 unspecified atom stereocenters. The normalized spacial score (nSPS) is 25.1. The van der Waals surface area contributed by atoms with E-state index in [1.807, 2.05) is 6.07 Å². The highest BCUT2D eigenvalue weighted by Crippen LogP contribution is 2.51. The van der Waals surface area contributed by atoms with Crippen LogP contribution in [0, 0.1) is 0 Å². The molecule has 2 aromatic rings. The van der Waals surface area contributed by atoms with E-state index >= 15 is 0 Å². The van der Waals surface area contributed by atoms with Crippen LogP contribution in [-0.4, -0.2) is 23.8 Å². The zero-order valence-corrected chi connectivity index (χ0v) is 16.4. The zero-order chi connectivity index (χ0) is 20.0. The molecule has 0 spiro atoms. The number of hydrogen-bond donors (Lipinski definition) is 0. The van der Waals surface area contributed by atoms with E-state index in [1.54, 1.807) is 6.07 Å². The highest BCUT2D eigenvalue weighted by atomic mass is 19.4. The summed E-state index contributed by atoms with van der Waals surface area (Å²) in [5.74, 6) is 0.460. The third-order valence-electron chi connectivity index (χ3n) is 6.97. The lowest BCUT2D eigenvalue weighted by Crippen LogP contribution is -2.41. The molecule has 1 saturated carbocycles. The van der Waals surface area contributed by atoms with Crippen LogP contribution in [0.3, 0.4) is 0 Å². The number of piperidine rings is 1. The number of benzene rings is 2. The molecule has 5 heteroatoms. The van der Waals surface area contributed by atoms with Crippen LogP contribution in [0.15, 0.2) is 42.5 Å². The van der Waals surface area contributed by atoms with Gasteiger partial charge in [0.05, 0.1) is 0 Å². The topological polar surface area (TPSA) is 12.5 Å². The fraction of sp³-hybridized carbons (Fsp3) is 0.500. The Hall–Kier alpha value is -2.01. The number of ether oxygens (including phenoxy) is 1. The molecule has 1 heterocycles. The molecule has 0 radical (unpaired) electrons. The third-order valence-corrected chi connectivity index (χ3v) is 6.97. The van der Waals surface area contributed by atoms with Gasteiger partial charge in [0.25, 0.3) is 0 Å². The van der Waals surface area contributed by atoms with Gasteiger partial charge < -0.3 is 4.74 Å². The van der Waals surface area contributed by atoms with Crippen LogP contribution in [0.4, 0.5) is 13.2 Å². The predicted molar refractivity (Wildman–Crippen MR) is 107 cm³/mol. The first-order valence-corrected chi connectivity index (χ1v) is 10.7. The third kappa shape index (κ3) is 3.77. The molecule has 0 amide bonds. The summed E-state index contributed by atoms with van der Waals surface area (Å²) in [7, 11) is 0. The van der Waals surface area contributed by atoms with Gasteiger partial charge in [-0.25, -0.2) is 0 Å². The maximum absolute atomic E-state index is 12.6. The lowest BCUT2D eigenvalue weighted by atomic mass is 9.89. The SMILES string of the molecule is FC(F)(F)Oc1cccc(-c2ccc3c(c2)C2CC3CCN2C2CCCCC2)c1. The van der Waals surface area contributed by atoms with Crippen LogP contribution < -0.4 is 4.74 Å². The summed E-state index contributed by atoms with van der Waals surface area (Å²) < 4.78 is 41.9. The minimum atomic E-state index is -4.67. The first-order valence-electron chi connectivity index (χ1n) is 10.7. The number of likely N-dealkylation sites (tertiary alicyclic amines) is 1. The Labute approximate surface area is 169 Å². The van der Waals surface area contributed by atoms with Crippen molar-refractivity contribution in [1.82, 2.24) is 4.90 Å². The molecule has 2 atom stereocenters. The van der Waals surface area contributed by atoms with Crippen molar-refractivity contribution in [2.45, 2.75) is 69.3 Å². The van der Waals surface area contributed by atoms with Crippen molar-refractivity contribution >= 4 is 0 Å². The first-order chi connectivity index (χ1) is 14.0. The van der Waals surface area contributed by atoms with Gasteiger partial charge in [0.15, 0.2) is 0 Å². The summed E-state index contributed by atoms with van der Waals surface area (Å²) in [6.45, 7) is 1.17. The fourth-order valence-electron chi connectivity index (χ4n) is 5.71. The number of alkyl halides is 3. The minimum Gasteiger partial charge on any atom is -0.406 e. The van der Waals surface area contributed by atoms with Gasteiger partial charge in [-0.3, -0.25) is 4.90 Å². The van der Waals surface area contributed by atoms with Crippen LogP contribution in [0.1, 0.15) is 68.0 Å². The maximum atomic E-state index is 12.6. The summed E-state index contributed by atoms with van der Waals surface area (Å²) in [5, 5.41) is 0. The van der Waals surface area contributed by atoms with Gasteiger partial charge in [-0.2, -0.15) is 0 Å². The van der Waals surface area contributed by atoms with Crippen molar-refractivity contribution in [1.29, 1.82) is 0 Å². The predicted octanol–water partition coefficient (Wildman–Crippen LogP) is 6.82. The van der Waals surface area contributed by atoms with E-state index in [1.165, 1.54) is 74.8 Å². The van der Waals surface area contributed by atoms with Crippen molar-refractivity contribution in [3.05, 3.63) is 53.6 Å². The van der Waals surface area contributed by atoms with Gasteiger partial charge in [0, 0.05) is 12.1 Å². The summed E-state index contributed by atoms with van der Waals surface area (Å²) >= 11 is 0. The van der Waals surface area contributed by atoms with E-state index in [2.05, 4.69) is 27.8 Å². The summed E-state index contributed by atoms with van der Waals surface area (Å²) in [5.41, 5.74) is 4.56. The van der Waals surface area contributed by atoms with E-state index in [0.29, 0.717) is 18.0 Å². The molecule has 5 rings (SSSR count). The number of hydrogen-bond acceptors (Lipinski definition) is 2. The second-order valence-corrected chi connectivity index (χ2v) is 8.69. The molecule has 1 aliphatic heterocycles. The zero-order valence-electron chi connectivity index (χ0n) is 16.4. The van der Waals surface area contributed by atoms with Crippen LogP contribution in [0.5, 0.6) is 5.75 Å². The van der Waals surface area contributed by atoms with E-state index in [-0.39, 0.29) is 5.75 Å². The Kier molecular flexibility index (Phi) is 4.81. The molecule has 1 saturated heterocycles. The van der Waals surface area contributed by atoms with Gasteiger partial charge in [0.1, 0.15) is 5.75 Å². The summed E-state index contributed by atoms with van der Waals surface area (Å²) in [6, 6.07) is 13.9. The highest BCUT2D eigenvalue weighted by molar-refractivity contribution is 5.67. The van der Waals surface area contributed by atoms with Gasteiger partial charge in [-0.15, -0.1) is 13.2 Å². The number of rotatable bonds is 3. The molecule has 2 aliphatic carbocycles. The standard InChI is InChI=1S/C24H26F3NO/c25-24(26,27)29-20-8-4-5-16(13-20)17-9-10-21-18-11-12-28(19-6-2-1-3-7-19)23(15-18)22(21)14-17/h4-5,8-10,13-14,18-19,23H,1-3,6-7,11-12,15H2. The van der Waals surface area contributed by atoms with Crippen LogP contribution >= 0.6 is 0 Å². The maximum Gasteiger partial charge on any atom is 0.573 e. The molecule has 0 N–H and O–H groups in total. The molecule has 2 bridgehead atoms. The average Bonchev–Trinajstić information content (AvgIpc) is 2.99. The molecule has 154 valence electrons. The summed E-state index contributed by atoms with van der Waals surface area (Å²) in [6.07, 6.45) is 4.34. The van der Waals surface area contributed by atoms with Crippen molar-refractivity contribution in [3.8, 4) is 16.9 Å². The van der Waals surface area contributed by atoms with Crippen molar-refractivity contribution in [3.63, 3.8) is 0 Å². The molecule has 2 nitrogen and oxygen atoms in total. The minimum absolute atomic E-state index is 0.168. The molecule has 3 aliphatic rings. The Morgan fingerprint density at radius 3 is 2.45 bits per heavy atom. The molecule has 2 aromatic carbocycles. The lowest BCUT2D eigenvalue weighted by molar-refractivity contribution is -0.274. The number of fused-ring (bicyclic) bond motifs is 5. The monoisotopic (exact) mass is 401 g/mol. The second kappa shape index (κ2) is 7.35. The molecule has 0 aromatic heterocycles. The van der Waals surface area contributed by atoms with Crippen molar-refractivity contribution in [2.24, 2.45) is 0 Å². The number of nitrogens with zero attached hydrogens (tertiary/aromatic N) is 1. The molecular weight excluding hydrogens is 375 g/mol. The Morgan fingerprint density at radius 2 is 1.66 bits per heavy atom. The largest absolute Gasteiger partial charge is 0.573 e. The highest BCUT2D eigenvalue weighted by Gasteiger charge is 2.41. The Bertz CT molecular complexity index is 888. The van der Waals surface area contributed by atoms with Gasteiger partial charge in [0.2, 0.25) is 0 Å². The second-order valence-electron chi connectivity index (χ2n) is 8.69. The van der Waals surface area contributed by atoms with Crippen molar-refractivity contribution in [2.75, 3.05) is 6.54 Å². The van der Waals surface area contributed by atoms with Crippen LogP contribution in [0.25, 0.3) is 11.1 Å². The van der Waals surface area contributed by atoms with E-state index in [9.17, 15) is 13.2 Å². The van der Waals surface area contributed by atoms with Crippen LogP contribution in [-0.2, 0) is 0 Å². The Morgan fingerprint density at radius 1 is 0.862 bits per heavy atom. The van der Waals surface area contributed by atoms with E-state index in [4.69, 9.17) is 0 Å². The van der Waals surface area contributed by atoms with E-state index < -0.39 is 6.36 Å². The average molecular weight is 401 g/mol. The first kappa shape index (κ1) is 19.0. The van der Waals surface area contributed by atoms with Gasteiger partial charge >= 0.3 is 6.36 Å². The molecular formula is C24H26F3NO. The van der Waals surface area contributed by atoms with Crippen LogP contribution in [0.2, 0.25) is 0 Å².